The van der Waals surface area contributed by atoms with Gasteiger partial charge in [-0.05, 0) is 78.9 Å². The fourth-order valence-corrected chi connectivity index (χ4v) is 9.98. The van der Waals surface area contributed by atoms with Gasteiger partial charge in [0.1, 0.15) is 0 Å². The van der Waals surface area contributed by atoms with Crippen LogP contribution in [0.5, 0.6) is 0 Å². The number of hydrogen-bond acceptors (Lipinski definition) is 1. The monoisotopic (exact) mass is 679 g/mol. The van der Waals surface area contributed by atoms with Crippen molar-refractivity contribution in [3.05, 3.63) is 176 Å². The number of benzene rings is 8. The molecule has 52 heavy (non-hydrogen) atoms. The van der Waals surface area contributed by atoms with E-state index in [0.29, 0.717) is 0 Å². The fraction of sp³-hybridized carbons (Fsp3) is 0. The summed E-state index contributed by atoms with van der Waals surface area (Å²) in [4.78, 5) is 0. The van der Waals surface area contributed by atoms with Crippen LogP contribution in [-0.2, 0) is 0 Å². The van der Waals surface area contributed by atoms with Gasteiger partial charge in [-0.15, -0.1) is 11.3 Å². The molecule has 0 atom stereocenters. The molecule has 3 nitrogen and oxygen atoms in total. The van der Waals surface area contributed by atoms with Gasteiger partial charge in [-0.2, -0.15) is 0 Å². The lowest BCUT2D eigenvalue weighted by molar-refractivity contribution is 1.18. The number of nitrogens with zero attached hydrogens (tertiary/aromatic N) is 3. The third kappa shape index (κ3) is 3.74. The normalized spacial score (nSPS) is 12.2. The van der Waals surface area contributed by atoms with Crippen LogP contribution in [0.3, 0.4) is 0 Å². The fourth-order valence-electron chi connectivity index (χ4n) is 8.85. The maximum absolute atomic E-state index is 2.55. The van der Waals surface area contributed by atoms with E-state index in [4.69, 9.17) is 0 Å². The first-order valence-corrected chi connectivity index (χ1v) is 18.6. The maximum atomic E-state index is 2.55. The zero-order chi connectivity index (χ0) is 33.9. The highest BCUT2D eigenvalue weighted by molar-refractivity contribution is 7.25. The highest BCUT2D eigenvalue weighted by Gasteiger charge is 2.23. The molecule has 12 rings (SSSR count). The summed E-state index contributed by atoms with van der Waals surface area (Å²) in [6.45, 7) is 0. The quantitative estimate of drug-likeness (QED) is 0.177. The van der Waals surface area contributed by atoms with Crippen LogP contribution in [0.2, 0.25) is 0 Å². The Morgan fingerprint density at radius 3 is 1.27 bits per heavy atom. The van der Waals surface area contributed by atoms with Crippen LogP contribution in [-0.4, -0.2) is 13.7 Å². The topological polar surface area (TPSA) is 14.8 Å². The van der Waals surface area contributed by atoms with Gasteiger partial charge >= 0.3 is 0 Å². The molecule has 0 aliphatic carbocycles. The van der Waals surface area contributed by atoms with Gasteiger partial charge in [0.15, 0.2) is 0 Å². The van der Waals surface area contributed by atoms with E-state index in [0.717, 1.165) is 11.4 Å². The number of thiophene rings is 1. The van der Waals surface area contributed by atoms with Gasteiger partial charge in [0.25, 0.3) is 0 Å². The summed E-state index contributed by atoms with van der Waals surface area (Å²) in [5.41, 5.74) is 10.8. The van der Waals surface area contributed by atoms with E-state index in [2.05, 4.69) is 190 Å². The van der Waals surface area contributed by atoms with Gasteiger partial charge in [-0.25, -0.2) is 0 Å². The van der Waals surface area contributed by atoms with Crippen LogP contribution in [0, 0.1) is 0 Å². The molecule has 12 aromatic rings. The highest BCUT2D eigenvalue weighted by atomic mass is 32.1. The van der Waals surface area contributed by atoms with Crippen molar-refractivity contribution in [3.63, 3.8) is 0 Å². The molecule has 0 unspecified atom stereocenters. The Morgan fingerprint density at radius 2 is 0.712 bits per heavy atom. The zero-order valence-corrected chi connectivity index (χ0v) is 28.8. The Balaban J connectivity index is 1.31. The molecule has 0 radical (unpaired) electrons. The van der Waals surface area contributed by atoms with Gasteiger partial charge in [0, 0.05) is 63.9 Å². The van der Waals surface area contributed by atoms with Gasteiger partial charge in [0.2, 0.25) is 0 Å². The predicted octanol–water partition coefficient (Wildman–Crippen LogP) is 13.3. The molecule has 4 aromatic heterocycles. The molecule has 4 heterocycles. The maximum Gasteiger partial charge on any atom is 0.0555 e. The first kappa shape index (κ1) is 28.1. The highest BCUT2D eigenvalue weighted by Crippen LogP contribution is 2.45. The van der Waals surface area contributed by atoms with E-state index in [-0.39, 0.29) is 0 Å². The number of hydrogen-bond donors (Lipinski definition) is 0. The lowest BCUT2D eigenvalue weighted by Crippen LogP contribution is -1.95. The largest absolute Gasteiger partial charge is 0.309 e. The molecular weight excluding hydrogens is 651 g/mol. The van der Waals surface area contributed by atoms with Gasteiger partial charge < -0.3 is 13.7 Å². The van der Waals surface area contributed by atoms with E-state index >= 15 is 0 Å². The lowest BCUT2D eigenvalue weighted by Gasteiger charge is -2.11. The summed E-state index contributed by atoms with van der Waals surface area (Å²) in [7, 11) is 0. The molecule has 0 bridgehead atoms. The van der Waals surface area contributed by atoms with E-state index in [1.165, 1.54) is 91.3 Å². The summed E-state index contributed by atoms with van der Waals surface area (Å²) >= 11 is 1.87. The molecule has 242 valence electrons. The molecule has 4 heteroatoms. The van der Waals surface area contributed by atoms with E-state index in [1.807, 2.05) is 11.3 Å². The number of rotatable bonds is 3. The molecule has 0 fully saturated rings. The van der Waals surface area contributed by atoms with E-state index in [9.17, 15) is 0 Å². The van der Waals surface area contributed by atoms with Crippen LogP contribution in [0.25, 0.3) is 103 Å². The second kappa shape index (κ2) is 10.5. The predicted molar refractivity (Wildman–Crippen MR) is 222 cm³/mol. The van der Waals surface area contributed by atoms with Crippen molar-refractivity contribution in [2.75, 3.05) is 0 Å². The Bertz CT molecular complexity index is 3220. The van der Waals surface area contributed by atoms with E-state index in [1.54, 1.807) is 0 Å². The summed E-state index contributed by atoms with van der Waals surface area (Å²) in [5, 5.41) is 10.1. The van der Waals surface area contributed by atoms with Gasteiger partial charge in [-0.1, -0.05) is 97.1 Å². The van der Waals surface area contributed by atoms with Gasteiger partial charge in [0.05, 0.1) is 38.8 Å². The van der Waals surface area contributed by atoms with Crippen molar-refractivity contribution in [2.24, 2.45) is 0 Å². The second-order valence-electron chi connectivity index (χ2n) is 13.7. The Morgan fingerprint density at radius 1 is 0.288 bits per heavy atom. The van der Waals surface area contributed by atoms with Crippen LogP contribution >= 0.6 is 11.3 Å². The van der Waals surface area contributed by atoms with Crippen molar-refractivity contribution >= 4 is 96.9 Å². The van der Waals surface area contributed by atoms with Crippen molar-refractivity contribution in [3.8, 4) is 17.1 Å². The number of aromatic nitrogens is 3. The van der Waals surface area contributed by atoms with Crippen LogP contribution in [0.15, 0.2) is 176 Å². The lowest BCUT2D eigenvalue weighted by atomic mass is 10.1. The average Bonchev–Trinajstić information content (AvgIpc) is 3.93. The van der Waals surface area contributed by atoms with Crippen molar-refractivity contribution in [2.45, 2.75) is 0 Å². The standard InChI is InChI=1S/C48H29N3S/c1-3-14-30(15-4-1)49-39-21-10-7-18-32(39)35-26-44-37(28-42(35)49)38-29-43-36(33-19-8-11-22-40(33)50(43)31-16-5-2-6-17-31)27-45(38)51(44)41-23-13-25-47-48(41)34-20-9-12-24-46(34)52-47/h1-29H. The number of para-hydroxylation sites is 4. The third-order valence-corrected chi connectivity index (χ3v) is 12.1. The van der Waals surface area contributed by atoms with Crippen LogP contribution < -0.4 is 0 Å². The molecule has 0 saturated heterocycles. The summed E-state index contributed by atoms with van der Waals surface area (Å²) in [5.74, 6) is 0. The SMILES string of the molecule is c1ccc(-n2c3ccccc3c3cc4c(cc32)c2cc3c(cc2n4-c2cccc4sc5ccccc5c24)c2ccccc2n3-c2ccccc2)cc1. The average molecular weight is 680 g/mol. The van der Waals surface area contributed by atoms with Crippen LogP contribution in [0.4, 0.5) is 0 Å². The summed E-state index contributed by atoms with van der Waals surface area (Å²) < 4.78 is 10.0. The van der Waals surface area contributed by atoms with Gasteiger partial charge in [-0.3, -0.25) is 0 Å². The Hall–Kier alpha value is -6.62. The second-order valence-corrected chi connectivity index (χ2v) is 14.8. The van der Waals surface area contributed by atoms with Crippen molar-refractivity contribution < 1.29 is 0 Å². The zero-order valence-electron chi connectivity index (χ0n) is 28.0. The summed E-state index contributed by atoms with van der Waals surface area (Å²) in [6.07, 6.45) is 0. The van der Waals surface area contributed by atoms with E-state index < -0.39 is 0 Å². The first-order chi connectivity index (χ1) is 25.8. The number of fused-ring (bicyclic) bond motifs is 12. The molecule has 0 N–H and O–H groups in total. The molecule has 8 aromatic carbocycles. The molecule has 0 saturated carbocycles. The minimum Gasteiger partial charge on any atom is -0.309 e. The Kier molecular flexibility index (Phi) is 5.65. The third-order valence-electron chi connectivity index (χ3n) is 11.0. The molecule has 0 aliphatic heterocycles. The smallest absolute Gasteiger partial charge is 0.0555 e. The van der Waals surface area contributed by atoms with Crippen molar-refractivity contribution in [1.29, 1.82) is 0 Å². The first-order valence-electron chi connectivity index (χ1n) is 17.8. The molecule has 0 amide bonds. The molecule has 0 aliphatic rings. The minimum absolute atomic E-state index is 1.16. The molecule has 0 spiro atoms. The minimum atomic E-state index is 1.16. The van der Waals surface area contributed by atoms with Crippen molar-refractivity contribution in [1.82, 2.24) is 13.7 Å². The summed E-state index contributed by atoms with van der Waals surface area (Å²) in [6, 6.07) is 64.7. The Labute approximate surface area is 302 Å². The van der Waals surface area contributed by atoms with Crippen LogP contribution in [0.1, 0.15) is 0 Å². The molecular formula is C48H29N3S.